The molecule has 3 N–H and O–H groups in total. The van der Waals surface area contributed by atoms with Crippen LogP contribution in [0.1, 0.15) is 13.8 Å². The van der Waals surface area contributed by atoms with E-state index in [4.69, 9.17) is 16.3 Å². The first-order chi connectivity index (χ1) is 13.2. The monoisotopic (exact) mass is 431 g/mol. The van der Waals surface area contributed by atoms with E-state index in [-0.39, 0.29) is 40.6 Å². The van der Waals surface area contributed by atoms with Crippen molar-refractivity contribution in [3.8, 4) is 5.88 Å². The first-order valence-corrected chi connectivity index (χ1v) is 10.1. The molecule has 1 saturated heterocycles. The zero-order valence-corrected chi connectivity index (χ0v) is 16.9. The second-order valence-electron chi connectivity index (χ2n) is 6.44. The molecule has 1 fully saturated rings. The molecule has 1 aliphatic rings. The molecular weight excluding hydrogens is 413 g/mol. The number of amides is 1. The van der Waals surface area contributed by atoms with Crippen molar-refractivity contribution in [2.24, 2.45) is 0 Å². The van der Waals surface area contributed by atoms with Crippen LogP contribution in [0, 0.1) is 5.82 Å². The predicted molar refractivity (Wildman–Crippen MR) is 103 cm³/mol. The number of rotatable bonds is 4. The Morgan fingerprint density at radius 3 is 2.86 bits per heavy atom. The average molecular weight is 432 g/mol. The fraction of sp³-hybridized carbons (Fsp3) is 0.500. The number of nitrogens with one attached hydrogen (secondary N) is 2. The molecule has 3 atom stereocenters. The Kier molecular flexibility index (Phi) is 5.96. The summed E-state index contributed by atoms with van der Waals surface area (Å²) < 4.78 is 20.2. The summed E-state index contributed by atoms with van der Waals surface area (Å²) in [5, 5.41) is 12.2. The van der Waals surface area contributed by atoms with Gasteiger partial charge in [0.25, 0.3) is 5.56 Å². The largest absolute Gasteiger partial charge is 0.472 e. The Morgan fingerprint density at radius 2 is 2.21 bits per heavy atom. The van der Waals surface area contributed by atoms with Crippen LogP contribution in [0.4, 0.5) is 9.18 Å². The van der Waals surface area contributed by atoms with Gasteiger partial charge in [-0.25, -0.2) is 14.2 Å². The third kappa shape index (κ3) is 3.87. The van der Waals surface area contributed by atoms with Crippen LogP contribution >= 0.6 is 23.4 Å². The molecule has 0 aromatic carbocycles. The van der Waals surface area contributed by atoms with Crippen LogP contribution in [0.2, 0.25) is 5.15 Å². The number of aromatic nitrogens is 3. The summed E-state index contributed by atoms with van der Waals surface area (Å²) in [7, 11) is 0. The number of piperazine rings is 1. The van der Waals surface area contributed by atoms with E-state index in [1.165, 1.54) is 4.90 Å². The maximum Gasteiger partial charge on any atom is 0.407 e. The van der Waals surface area contributed by atoms with Gasteiger partial charge in [-0.1, -0.05) is 23.4 Å². The fourth-order valence-electron chi connectivity index (χ4n) is 3.01. The molecule has 0 radical (unpaired) electrons. The minimum absolute atomic E-state index is 0.147. The zero-order valence-electron chi connectivity index (χ0n) is 15.3. The minimum atomic E-state index is -1.02. The number of carbonyl (C=O) groups is 1. The van der Waals surface area contributed by atoms with Gasteiger partial charge in [0.15, 0.2) is 16.1 Å². The Balaban J connectivity index is 1.95. The fourth-order valence-corrected chi connectivity index (χ4v) is 3.55. The molecule has 0 bridgehead atoms. The lowest BCUT2D eigenvalue weighted by atomic mass is 10.1. The molecule has 3 heterocycles. The highest BCUT2D eigenvalue weighted by atomic mass is 35.5. The number of halogens is 2. The number of pyridine rings is 1. The first-order valence-electron chi connectivity index (χ1n) is 8.45. The molecule has 0 unspecified atom stereocenters. The van der Waals surface area contributed by atoms with Crippen molar-refractivity contribution < 1.29 is 19.0 Å². The van der Waals surface area contributed by atoms with Crippen LogP contribution < -0.4 is 15.6 Å². The topological polar surface area (TPSA) is 120 Å². The summed E-state index contributed by atoms with van der Waals surface area (Å²) in [4.78, 5) is 35.6. The lowest BCUT2D eigenvalue weighted by Crippen LogP contribution is -2.60. The quantitative estimate of drug-likeness (QED) is 0.381. The van der Waals surface area contributed by atoms with E-state index in [0.29, 0.717) is 6.54 Å². The second kappa shape index (κ2) is 8.10. The molecule has 0 aliphatic carbocycles. The van der Waals surface area contributed by atoms with Gasteiger partial charge in [0.05, 0.1) is 6.04 Å². The van der Waals surface area contributed by atoms with Crippen LogP contribution in [0.25, 0.3) is 10.9 Å². The number of hydrogen-bond acceptors (Lipinski definition) is 7. The van der Waals surface area contributed by atoms with E-state index < -0.39 is 28.7 Å². The normalized spacial score (nSPS) is 21.0. The van der Waals surface area contributed by atoms with E-state index in [2.05, 4.69) is 20.3 Å². The SMILES string of the molecule is CSc1nc2c(F)c(Cl)nc(O[C@@H](C)[C@@H]3CN(C(=O)O)[C@H](C)CN3)c2c(=O)[nH]1. The maximum atomic E-state index is 14.4. The minimum Gasteiger partial charge on any atom is -0.472 e. The van der Waals surface area contributed by atoms with E-state index in [1.807, 2.05) is 0 Å². The van der Waals surface area contributed by atoms with Crippen molar-refractivity contribution in [2.45, 2.75) is 37.2 Å². The van der Waals surface area contributed by atoms with Crippen molar-refractivity contribution in [2.75, 3.05) is 19.3 Å². The molecule has 1 amide bonds. The van der Waals surface area contributed by atoms with Gasteiger partial charge >= 0.3 is 6.09 Å². The van der Waals surface area contributed by atoms with Crippen LogP contribution in [0.15, 0.2) is 9.95 Å². The average Bonchev–Trinajstić information content (AvgIpc) is 2.65. The van der Waals surface area contributed by atoms with E-state index in [9.17, 15) is 19.1 Å². The van der Waals surface area contributed by atoms with E-state index in [0.717, 1.165) is 11.8 Å². The molecule has 2 aromatic rings. The number of hydrogen-bond donors (Lipinski definition) is 3. The molecule has 0 spiro atoms. The van der Waals surface area contributed by atoms with E-state index >= 15 is 0 Å². The Morgan fingerprint density at radius 1 is 1.50 bits per heavy atom. The number of H-pyrrole nitrogens is 1. The smallest absolute Gasteiger partial charge is 0.407 e. The van der Waals surface area contributed by atoms with Gasteiger partial charge in [-0.2, -0.15) is 4.98 Å². The zero-order chi connectivity index (χ0) is 20.6. The number of aromatic amines is 1. The number of fused-ring (bicyclic) bond motifs is 1. The van der Waals surface area contributed by atoms with Crippen LogP contribution in [-0.2, 0) is 0 Å². The van der Waals surface area contributed by atoms with Crippen LogP contribution in [0.5, 0.6) is 5.88 Å². The van der Waals surface area contributed by atoms with Gasteiger partial charge < -0.3 is 25.0 Å². The summed E-state index contributed by atoms with van der Waals surface area (Å²) in [5.41, 5.74) is -0.829. The van der Waals surface area contributed by atoms with Crippen LogP contribution in [0.3, 0.4) is 0 Å². The highest BCUT2D eigenvalue weighted by molar-refractivity contribution is 7.98. The summed E-state index contributed by atoms with van der Waals surface area (Å²) in [5.74, 6) is -1.06. The molecule has 2 aromatic heterocycles. The number of ether oxygens (including phenoxy) is 1. The van der Waals surface area contributed by atoms with Crippen molar-refractivity contribution in [3.05, 3.63) is 21.3 Å². The van der Waals surface area contributed by atoms with Gasteiger partial charge in [0.2, 0.25) is 5.88 Å². The van der Waals surface area contributed by atoms with Gasteiger partial charge in [-0.05, 0) is 20.1 Å². The summed E-state index contributed by atoms with van der Waals surface area (Å²) in [6, 6.07) is -0.539. The molecule has 12 heteroatoms. The number of thioether (sulfide) groups is 1. The van der Waals surface area contributed by atoms with Gasteiger partial charge in [-0.15, -0.1) is 0 Å². The molecule has 152 valence electrons. The first kappa shape index (κ1) is 20.6. The molecule has 1 aliphatic heterocycles. The molecular formula is C16H19ClFN5O4S. The molecule has 0 saturated carbocycles. The van der Waals surface area contributed by atoms with Crippen molar-refractivity contribution in [3.63, 3.8) is 0 Å². The van der Waals surface area contributed by atoms with Gasteiger partial charge in [-0.3, -0.25) is 4.79 Å². The number of carboxylic acid groups (broad SMARTS) is 1. The Bertz CT molecular complexity index is 974. The van der Waals surface area contributed by atoms with Crippen molar-refractivity contribution in [1.29, 1.82) is 0 Å². The lowest BCUT2D eigenvalue weighted by molar-refractivity contribution is 0.0716. The number of nitrogens with zero attached hydrogens (tertiary/aromatic N) is 3. The second-order valence-corrected chi connectivity index (χ2v) is 7.60. The van der Waals surface area contributed by atoms with Crippen molar-refractivity contribution in [1.82, 2.24) is 25.2 Å². The summed E-state index contributed by atoms with van der Waals surface area (Å²) >= 11 is 7.02. The molecule has 9 nitrogen and oxygen atoms in total. The van der Waals surface area contributed by atoms with E-state index in [1.54, 1.807) is 20.1 Å². The Labute approximate surface area is 168 Å². The standard InChI is InChI=1S/C16H19ClFN5O4S/c1-6-4-19-8(5-23(6)16(25)26)7(2)27-14-9-11(10(18)12(17)21-14)20-15(28-3)22-13(9)24/h6-8,19H,4-5H2,1-3H3,(H,25,26)(H,20,22,24)/t6-,7+,8+/m1/s1. The molecule has 3 rings (SSSR count). The lowest BCUT2D eigenvalue weighted by Gasteiger charge is -2.39. The maximum absolute atomic E-state index is 14.4. The highest BCUT2D eigenvalue weighted by Gasteiger charge is 2.33. The predicted octanol–water partition coefficient (Wildman–Crippen LogP) is 1.94. The third-order valence-electron chi connectivity index (χ3n) is 4.60. The Hall–Kier alpha value is -2.11. The van der Waals surface area contributed by atoms with Crippen LogP contribution in [-0.4, -0.2) is 68.6 Å². The van der Waals surface area contributed by atoms with Crippen molar-refractivity contribution >= 4 is 40.4 Å². The third-order valence-corrected chi connectivity index (χ3v) is 5.43. The highest BCUT2D eigenvalue weighted by Crippen LogP contribution is 2.28. The summed E-state index contributed by atoms with van der Waals surface area (Å²) in [6.45, 7) is 4.14. The molecule has 28 heavy (non-hydrogen) atoms. The van der Waals surface area contributed by atoms with Gasteiger partial charge in [0, 0.05) is 19.1 Å². The van der Waals surface area contributed by atoms with Gasteiger partial charge in [0.1, 0.15) is 17.0 Å². The summed E-state index contributed by atoms with van der Waals surface area (Å²) in [6.07, 6.45) is 0.0878.